The van der Waals surface area contributed by atoms with Crippen LogP contribution in [0.5, 0.6) is 0 Å². The maximum Gasteiger partial charge on any atom is 0.211 e. The zero-order chi connectivity index (χ0) is 8.81. The van der Waals surface area contributed by atoms with Crippen molar-refractivity contribution in [2.75, 3.05) is 26.2 Å². The summed E-state index contributed by atoms with van der Waals surface area (Å²) in [4.78, 5) is 1.96. The van der Waals surface area contributed by atoms with E-state index < -0.39 is 0 Å². The van der Waals surface area contributed by atoms with E-state index in [0.717, 1.165) is 26.2 Å². The van der Waals surface area contributed by atoms with Crippen LogP contribution in [0, 0.1) is 5.41 Å². The van der Waals surface area contributed by atoms with Crippen LogP contribution in [-0.2, 0) is 0 Å². The van der Waals surface area contributed by atoms with Gasteiger partial charge in [-0.15, -0.1) is 0 Å². The number of piperazine rings is 1. The van der Waals surface area contributed by atoms with Gasteiger partial charge in [-0.1, -0.05) is 0 Å². The Labute approximate surface area is 72.3 Å². The lowest BCUT2D eigenvalue weighted by Crippen LogP contribution is -2.49. The van der Waals surface area contributed by atoms with Gasteiger partial charge in [-0.3, -0.25) is 5.41 Å². The van der Waals surface area contributed by atoms with E-state index in [1.54, 1.807) is 6.21 Å². The average Bonchev–Trinajstić information content (AvgIpc) is 2.15. The summed E-state index contributed by atoms with van der Waals surface area (Å²) in [6, 6.07) is 0. The molecule has 0 aromatic heterocycles. The third kappa shape index (κ3) is 2.50. The molecule has 1 rings (SSSR count). The molecule has 0 aliphatic carbocycles. The minimum absolute atomic E-state index is 0.384. The molecule has 1 heterocycles. The Hall–Kier alpha value is -1.10. The number of guanidine groups is 1. The van der Waals surface area contributed by atoms with Crippen molar-refractivity contribution >= 4 is 12.2 Å². The van der Waals surface area contributed by atoms with E-state index in [2.05, 4.69) is 15.8 Å². The Morgan fingerprint density at radius 3 is 2.83 bits per heavy atom. The molecule has 0 atom stereocenters. The Balaban J connectivity index is 2.29. The van der Waals surface area contributed by atoms with E-state index in [1.165, 1.54) is 0 Å². The Bertz CT molecular complexity index is 171. The standard InChI is InChI=1S/C7H15N5/c1-2-10-11-7(8)12-5-3-9-4-6-12/h2,9H,3-6H2,1H3,(H2,8,11)/b10-2+. The van der Waals surface area contributed by atoms with Crippen LogP contribution in [0.25, 0.3) is 0 Å². The highest BCUT2D eigenvalue weighted by Gasteiger charge is 2.11. The molecule has 12 heavy (non-hydrogen) atoms. The largest absolute Gasteiger partial charge is 0.339 e. The number of nitrogens with zero attached hydrogens (tertiary/aromatic N) is 2. The molecule has 0 spiro atoms. The monoisotopic (exact) mass is 169 g/mol. The van der Waals surface area contributed by atoms with E-state index in [-0.39, 0.29) is 0 Å². The van der Waals surface area contributed by atoms with Gasteiger partial charge in [0.2, 0.25) is 5.96 Å². The number of hydrogen-bond acceptors (Lipinski definition) is 3. The first-order valence-corrected chi connectivity index (χ1v) is 4.12. The van der Waals surface area contributed by atoms with Gasteiger partial charge >= 0.3 is 0 Å². The second-order valence-corrected chi connectivity index (χ2v) is 2.58. The zero-order valence-corrected chi connectivity index (χ0v) is 7.30. The maximum atomic E-state index is 7.56. The number of nitrogens with one attached hydrogen (secondary N) is 3. The van der Waals surface area contributed by atoms with Crippen molar-refractivity contribution in [2.24, 2.45) is 5.10 Å². The van der Waals surface area contributed by atoms with Gasteiger partial charge in [-0.05, 0) is 6.92 Å². The molecule has 0 aromatic carbocycles. The second-order valence-electron chi connectivity index (χ2n) is 2.58. The molecule has 0 radical (unpaired) electrons. The molecule has 0 aromatic rings. The molecular formula is C7H15N5. The number of hydrazone groups is 1. The maximum absolute atomic E-state index is 7.56. The van der Waals surface area contributed by atoms with Crippen LogP contribution in [0.2, 0.25) is 0 Å². The third-order valence-corrected chi connectivity index (χ3v) is 1.73. The molecule has 1 fully saturated rings. The van der Waals surface area contributed by atoms with Crippen LogP contribution in [0.3, 0.4) is 0 Å². The fourth-order valence-electron chi connectivity index (χ4n) is 1.08. The van der Waals surface area contributed by atoms with Gasteiger partial charge in [-0.2, -0.15) is 5.10 Å². The average molecular weight is 169 g/mol. The summed E-state index contributed by atoms with van der Waals surface area (Å²) in [5, 5.41) is 14.6. The van der Waals surface area contributed by atoms with Crippen molar-refractivity contribution in [1.29, 1.82) is 5.41 Å². The van der Waals surface area contributed by atoms with Gasteiger partial charge in [-0.25, -0.2) is 5.43 Å². The topological polar surface area (TPSA) is 63.5 Å². The fourth-order valence-corrected chi connectivity index (χ4v) is 1.08. The lowest BCUT2D eigenvalue weighted by molar-refractivity contribution is 0.345. The van der Waals surface area contributed by atoms with Crippen molar-refractivity contribution in [2.45, 2.75) is 6.92 Å². The van der Waals surface area contributed by atoms with Crippen LogP contribution in [0.1, 0.15) is 6.92 Å². The van der Waals surface area contributed by atoms with Crippen LogP contribution in [0.4, 0.5) is 0 Å². The van der Waals surface area contributed by atoms with E-state index in [4.69, 9.17) is 5.41 Å². The molecule has 5 heteroatoms. The van der Waals surface area contributed by atoms with Crippen LogP contribution in [0.15, 0.2) is 5.10 Å². The van der Waals surface area contributed by atoms with Gasteiger partial charge in [0.25, 0.3) is 0 Å². The highest BCUT2D eigenvalue weighted by atomic mass is 15.4. The van der Waals surface area contributed by atoms with Gasteiger partial charge in [0.1, 0.15) is 0 Å². The summed E-state index contributed by atoms with van der Waals surface area (Å²) < 4.78 is 0. The van der Waals surface area contributed by atoms with Gasteiger partial charge in [0.15, 0.2) is 0 Å². The quantitative estimate of drug-likeness (QED) is 0.279. The van der Waals surface area contributed by atoms with Crippen LogP contribution in [-0.4, -0.2) is 43.3 Å². The predicted octanol–water partition coefficient (Wildman–Crippen LogP) is -0.578. The summed E-state index contributed by atoms with van der Waals surface area (Å²) >= 11 is 0. The SMILES string of the molecule is C/C=N/NC(=N)N1CCNCC1. The van der Waals surface area contributed by atoms with Gasteiger partial charge < -0.3 is 10.2 Å². The van der Waals surface area contributed by atoms with Crippen LogP contribution >= 0.6 is 0 Å². The molecule has 0 saturated carbocycles. The summed E-state index contributed by atoms with van der Waals surface area (Å²) in [5.74, 6) is 0.384. The van der Waals surface area contributed by atoms with Crippen LogP contribution < -0.4 is 10.7 Å². The van der Waals surface area contributed by atoms with E-state index in [1.807, 2.05) is 11.8 Å². The zero-order valence-electron chi connectivity index (χ0n) is 7.30. The molecule has 1 aliphatic rings. The van der Waals surface area contributed by atoms with Crippen molar-refractivity contribution < 1.29 is 0 Å². The molecule has 1 aliphatic heterocycles. The minimum Gasteiger partial charge on any atom is -0.339 e. The Morgan fingerprint density at radius 2 is 2.25 bits per heavy atom. The van der Waals surface area contributed by atoms with Gasteiger partial charge in [0, 0.05) is 32.4 Å². The van der Waals surface area contributed by atoms with E-state index in [9.17, 15) is 0 Å². The first kappa shape index (κ1) is 8.99. The summed E-state index contributed by atoms with van der Waals surface area (Å²) in [6.45, 7) is 5.47. The smallest absolute Gasteiger partial charge is 0.211 e. The molecular weight excluding hydrogens is 154 g/mol. The van der Waals surface area contributed by atoms with Crippen molar-refractivity contribution in [3.63, 3.8) is 0 Å². The normalized spacial score (nSPS) is 18.2. The molecule has 0 unspecified atom stereocenters. The first-order chi connectivity index (χ1) is 5.84. The third-order valence-electron chi connectivity index (χ3n) is 1.73. The number of rotatable bonds is 1. The Kier molecular flexibility index (Phi) is 3.53. The molecule has 68 valence electrons. The second kappa shape index (κ2) is 4.71. The lowest BCUT2D eigenvalue weighted by atomic mass is 10.4. The Morgan fingerprint density at radius 1 is 1.58 bits per heavy atom. The summed E-state index contributed by atoms with van der Waals surface area (Å²) in [5.41, 5.74) is 2.65. The summed E-state index contributed by atoms with van der Waals surface area (Å²) in [7, 11) is 0. The van der Waals surface area contributed by atoms with Crippen molar-refractivity contribution in [1.82, 2.24) is 15.6 Å². The molecule has 1 saturated heterocycles. The lowest BCUT2D eigenvalue weighted by Gasteiger charge is -2.28. The molecule has 0 bridgehead atoms. The highest BCUT2D eigenvalue weighted by molar-refractivity contribution is 5.77. The fraction of sp³-hybridized carbons (Fsp3) is 0.714. The molecule has 0 amide bonds. The number of hydrogen-bond donors (Lipinski definition) is 3. The van der Waals surface area contributed by atoms with E-state index >= 15 is 0 Å². The minimum atomic E-state index is 0.384. The predicted molar refractivity (Wildman–Crippen MR) is 49.5 cm³/mol. The van der Waals surface area contributed by atoms with Crippen molar-refractivity contribution in [3.05, 3.63) is 0 Å². The van der Waals surface area contributed by atoms with Crippen molar-refractivity contribution in [3.8, 4) is 0 Å². The van der Waals surface area contributed by atoms with Gasteiger partial charge in [0.05, 0.1) is 0 Å². The summed E-state index contributed by atoms with van der Waals surface area (Å²) in [6.07, 6.45) is 1.64. The van der Waals surface area contributed by atoms with E-state index in [0.29, 0.717) is 5.96 Å². The highest BCUT2D eigenvalue weighted by Crippen LogP contribution is 1.90. The molecule has 3 N–H and O–H groups in total. The first-order valence-electron chi connectivity index (χ1n) is 4.12. The molecule has 5 nitrogen and oxygen atoms in total.